The summed E-state index contributed by atoms with van der Waals surface area (Å²) >= 11 is 0. The van der Waals surface area contributed by atoms with Crippen molar-refractivity contribution < 1.29 is 19.1 Å². The highest BCUT2D eigenvalue weighted by Gasteiger charge is 2.18. The van der Waals surface area contributed by atoms with Gasteiger partial charge in [-0.25, -0.2) is 9.59 Å². The SMILES string of the molecule is CCCCNc1ccc(C(=O)OC)c(C(=O)OC)c1. The summed E-state index contributed by atoms with van der Waals surface area (Å²) in [7, 11) is 2.55. The lowest BCUT2D eigenvalue weighted by atomic mass is 10.1. The van der Waals surface area contributed by atoms with Gasteiger partial charge in [0.05, 0.1) is 25.3 Å². The second-order valence-corrected chi connectivity index (χ2v) is 4.02. The van der Waals surface area contributed by atoms with E-state index >= 15 is 0 Å². The number of unbranched alkanes of at least 4 members (excludes halogenated alkanes) is 1. The lowest BCUT2D eigenvalue weighted by Gasteiger charge is -2.10. The minimum Gasteiger partial charge on any atom is -0.465 e. The number of benzene rings is 1. The molecule has 0 aliphatic heterocycles. The number of rotatable bonds is 6. The second-order valence-electron chi connectivity index (χ2n) is 4.02. The molecule has 0 aromatic heterocycles. The Morgan fingerprint density at radius 2 is 1.74 bits per heavy atom. The first-order chi connectivity index (χ1) is 9.13. The molecular formula is C14H19NO4. The monoisotopic (exact) mass is 265 g/mol. The van der Waals surface area contributed by atoms with E-state index in [1.54, 1.807) is 18.2 Å². The third kappa shape index (κ3) is 3.98. The van der Waals surface area contributed by atoms with Gasteiger partial charge in [0.25, 0.3) is 0 Å². The van der Waals surface area contributed by atoms with Gasteiger partial charge in [0.2, 0.25) is 0 Å². The molecule has 1 N–H and O–H groups in total. The van der Waals surface area contributed by atoms with Crippen molar-refractivity contribution in [2.24, 2.45) is 0 Å². The fourth-order valence-corrected chi connectivity index (χ4v) is 1.63. The molecule has 0 bridgehead atoms. The highest BCUT2D eigenvalue weighted by molar-refractivity contribution is 6.03. The molecule has 0 saturated carbocycles. The number of carbonyl (C=O) groups is 2. The molecule has 5 heteroatoms. The lowest BCUT2D eigenvalue weighted by Crippen LogP contribution is -2.12. The molecule has 0 aliphatic carbocycles. The number of methoxy groups -OCH3 is 2. The van der Waals surface area contributed by atoms with E-state index in [0.717, 1.165) is 25.1 Å². The Balaban J connectivity index is 3.01. The summed E-state index contributed by atoms with van der Waals surface area (Å²) < 4.78 is 9.32. The van der Waals surface area contributed by atoms with Gasteiger partial charge in [-0.05, 0) is 24.6 Å². The van der Waals surface area contributed by atoms with Crippen molar-refractivity contribution in [2.45, 2.75) is 19.8 Å². The summed E-state index contributed by atoms with van der Waals surface area (Å²) in [5.41, 5.74) is 1.19. The number of ether oxygens (including phenoxy) is 2. The van der Waals surface area contributed by atoms with Crippen LogP contribution in [-0.2, 0) is 9.47 Å². The zero-order chi connectivity index (χ0) is 14.3. The molecule has 19 heavy (non-hydrogen) atoms. The summed E-state index contributed by atoms with van der Waals surface area (Å²) in [6, 6.07) is 4.91. The van der Waals surface area contributed by atoms with Crippen molar-refractivity contribution >= 4 is 17.6 Å². The average Bonchev–Trinajstić information content (AvgIpc) is 2.45. The van der Waals surface area contributed by atoms with Gasteiger partial charge in [0.1, 0.15) is 0 Å². The van der Waals surface area contributed by atoms with Crippen molar-refractivity contribution in [1.29, 1.82) is 0 Å². The standard InChI is InChI=1S/C14H19NO4/c1-4-5-8-15-10-6-7-11(13(16)18-2)12(9-10)14(17)19-3/h6-7,9,15H,4-5,8H2,1-3H3. The lowest BCUT2D eigenvalue weighted by molar-refractivity contribution is 0.0555. The quantitative estimate of drug-likeness (QED) is 0.632. The third-order valence-electron chi connectivity index (χ3n) is 2.69. The van der Waals surface area contributed by atoms with Gasteiger partial charge in [0.15, 0.2) is 0 Å². The summed E-state index contributed by atoms with van der Waals surface area (Å²) in [4.78, 5) is 23.3. The zero-order valence-electron chi connectivity index (χ0n) is 11.5. The molecule has 5 nitrogen and oxygen atoms in total. The minimum absolute atomic E-state index is 0.204. The maximum atomic E-state index is 11.7. The molecule has 0 atom stereocenters. The highest BCUT2D eigenvalue weighted by Crippen LogP contribution is 2.18. The van der Waals surface area contributed by atoms with Gasteiger partial charge in [-0.3, -0.25) is 0 Å². The van der Waals surface area contributed by atoms with Crippen LogP contribution in [0.15, 0.2) is 18.2 Å². The van der Waals surface area contributed by atoms with Gasteiger partial charge in [-0.2, -0.15) is 0 Å². The maximum Gasteiger partial charge on any atom is 0.338 e. The Labute approximate surface area is 112 Å². The molecular weight excluding hydrogens is 246 g/mol. The molecule has 0 spiro atoms. The molecule has 0 amide bonds. The van der Waals surface area contributed by atoms with Crippen LogP contribution >= 0.6 is 0 Å². The van der Waals surface area contributed by atoms with Crippen molar-refractivity contribution in [3.05, 3.63) is 29.3 Å². The smallest absolute Gasteiger partial charge is 0.338 e. The molecule has 0 heterocycles. The van der Waals surface area contributed by atoms with Gasteiger partial charge in [-0.15, -0.1) is 0 Å². The number of nitrogens with one attached hydrogen (secondary N) is 1. The van der Waals surface area contributed by atoms with E-state index in [1.165, 1.54) is 14.2 Å². The number of anilines is 1. The van der Waals surface area contributed by atoms with Crippen molar-refractivity contribution in [3.8, 4) is 0 Å². The predicted octanol–water partition coefficient (Wildman–Crippen LogP) is 2.47. The van der Waals surface area contributed by atoms with Crippen molar-refractivity contribution in [1.82, 2.24) is 0 Å². The van der Waals surface area contributed by atoms with E-state index < -0.39 is 11.9 Å². The maximum absolute atomic E-state index is 11.7. The van der Waals surface area contributed by atoms with E-state index in [4.69, 9.17) is 0 Å². The molecule has 0 saturated heterocycles. The highest BCUT2D eigenvalue weighted by atomic mass is 16.5. The molecule has 0 aliphatic rings. The molecule has 1 rings (SSSR count). The molecule has 1 aromatic carbocycles. The predicted molar refractivity (Wildman–Crippen MR) is 72.5 cm³/mol. The Morgan fingerprint density at radius 1 is 1.11 bits per heavy atom. The van der Waals surface area contributed by atoms with Crippen molar-refractivity contribution in [2.75, 3.05) is 26.1 Å². The normalized spacial score (nSPS) is 9.84. The summed E-state index contributed by atoms with van der Waals surface area (Å²) in [6.45, 7) is 2.91. The van der Waals surface area contributed by atoms with E-state index in [1.807, 2.05) is 0 Å². The van der Waals surface area contributed by atoms with Gasteiger partial charge in [0, 0.05) is 12.2 Å². The van der Waals surface area contributed by atoms with Crippen molar-refractivity contribution in [3.63, 3.8) is 0 Å². The van der Waals surface area contributed by atoms with Gasteiger partial charge < -0.3 is 14.8 Å². The fraction of sp³-hybridized carbons (Fsp3) is 0.429. The molecule has 104 valence electrons. The van der Waals surface area contributed by atoms with Crippen LogP contribution in [0.1, 0.15) is 40.5 Å². The fourth-order valence-electron chi connectivity index (χ4n) is 1.63. The summed E-state index contributed by atoms with van der Waals surface area (Å²) in [5, 5.41) is 3.19. The molecule has 0 fully saturated rings. The first-order valence-corrected chi connectivity index (χ1v) is 6.18. The number of esters is 2. The molecule has 0 unspecified atom stereocenters. The number of hydrogen-bond acceptors (Lipinski definition) is 5. The Bertz CT molecular complexity index is 457. The second kappa shape index (κ2) is 7.41. The first kappa shape index (κ1) is 15.0. The van der Waals surface area contributed by atoms with Crippen LogP contribution in [0, 0.1) is 0 Å². The Hall–Kier alpha value is -2.04. The van der Waals surface area contributed by atoms with Crippen LogP contribution in [0.25, 0.3) is 0 Å². The van der Waals surface area contributed by atoms with E-state index in [0.29, 0.717) is 0 Å². The Morgan fingerprint density at radius 3 is 2.32 bits per heavy atom. The summed E-state index contributed by atoms with van der Waals surface area (Å²) in [5.74, 6) is -1.11. The van der Waals surface area contributed by atoms with Gasteiger partial charge in [-0.1, -0.05) is 13.3 Å². The first-order valence-electron chi connectivity index (χ1n) is 6.18. The number of carbonyl (C=O) groups excluding carboxylic acids is 2. The molecule has 1 aromatic rings. The van der Waals surface area contributed by atoms with Crippen LogP contribution < -0.4 is 5.32 Å². The third-order valence-corrected chi connectivity index (χ3v) is 2.69. The van der Waals surface area contributed by atoms with Crippen LogP contribution in [0.4, 0.5) is 5.69 Å². The van der Waals surface area contributed by atoms with Crippen LogP contribution in [-0.4, -0.2) is 32.7 Å². The minimum atomic E-state index is -0.556. The van der Waals surface area contributed by atoms with E-state index in [-0.39, 0.29) is 11.1 Å². The molecule has 0 radical (unpaired) electrons. The van der Waals surface area contributed by atoms with Gasteiger partial charge >= 0.3 is 11.9 Å². The van der Waals surface area contributed by atoms with Crippen LogP contribution in [0.3, 0.4) is 0 Å². The topological polar surface area (TPSA) is 64.6 Å². The van der Waals surface area contributed by atoms with Crippen LogP contribution in [0.2, 0.25) is 0 Å². The number of hydrogen-bond donors (Lipinski definition) is 1. The Kier molecular flexibility index (Phi) is 5.85. The largest absolute Gasteiger partial charge is 0.465 e. The van der Waals surface area contributed by atoms with Crippen LogP contribution in [0.5, 0.6) is 0 Å². The average molecular weight is 265 g/mol. The van der Waals surface area contributed by atoms with E-state index in [9.17, 15) is 9.59 Å². The van der Waals surface area contributed by atoms with E-state index in [2.05, 4.69) is 21.7 Å². The summed E-state index contributed by atoms with van der Waals surface area (Å²) in [6.07, 6.45) is 2.11. The zero-order valence-corrected chi connectivity index (χ0v) is 11.5.